The van der Waals surface area contributed by atoms with Crippen LogP contribution in [0.3, 0.4) is 0 Å². The molecule has 3 rings (SSSR count). The van der Waals surface area contributed by atoms with Crippen molar-refractivity contribution in [3.05, 3.63) is 71.9 Å². The van der Waals surface area contributed by atoms with Gasteiger partial charge in [-0.2, -0.15) is 13.2 Å². The average Bonchev–Trinajstić information content (AvgIpc) is 2.72. The number of carbonyl (C=O) groups is 1. The van der Waals surface area contributed by atoms with Gasteiger partial charge < -0.3 is 16.0 Å². The van der Waals surface area contributed by atoms with Crippen LogP contribution in [0.2, 0.25) is 0 Å². The number of pyridine rings is 1. The molecule has 0 aliphatic heterocycles. The predicted octanol–water partition coefficient (Wildman–Crippen LogP) is 4.22. The summed E-state index contributed by atoms with van der Waals surface area (Å²) in [4.78, 5) is 24.6. The van der Waals surface area contributed by atoms with Crippen LogP contribution < -0.4 is 16.0 Å². The van der Waals surface area contributed by atoms with Crippen molar-refractivity contribution in [2.75, 3.05) is 17.2 Å². The van der Waals surface area contributed by atoms with Gasteiger partial charge in [0, 0.05) is 24.0 Å². The molecule has 1 unspecified atom stereocenters. The molecule has 2 aromatic heterocycles. The van der Waals surface area contributed by atoms with Crippen molar-refractivity contribution in [3.8, 4) is 0 Å². The molecule has 7 nitrogen and oxygen atoms in total. The average molecular weight is 434 g/mol. The maximum Gasteiger partial charge on any atom is 0.405 e. The predicted molar refractivity (Wildman–Crippen MR) is 106 cm³/mol. The van der Waals surface area contributed by atoms with Crippen LogP contribution >= 0.6 is 0 Å². The number of carbonyl (C=O) groups excluding carboxylic acids is 1. The smallest absolute Gasteiger partial charge is 0.363 e. The minimum atomic E-state index is -4.54. The van der Waals surface area contributed by atoms with Crippen LogP contribution in [0.4, 0.5) is 35.0 Å². The molecule has 0 aliphatic carbocycles. The Morgan fingerprint density at radius 2 is 1.77 bits per heavy atom. The Balaban J connectivity index is 1.86. The summed E-state index contributed by atoms with van der Waals surface area (Å²) in [5, 5.41) is 7.75. The summed E-state index contributed by atoms with van der Waals surface area (Å²) in [7, 11) is 0. The van der Waals surface area contributed by atoms with E-state index in [1.54, 1.807) is 19.1 Å². The van der Waals surface area contributed by atoms with Crippen molar-refractivity contribution in [1.29, 1.82) is 0 Å². The van der Waals surface area contributed by atoms with Gasteiger partial charge in [0.05, 0.1) is 6.20 Å². The molecule has 0 spiro atoms. The fourth-order valence-corrected chi connectivity index (χ4v) is 2.63. The Kier molecular flexibility index (Phi) is 6.63. The van der Waals surface area contributed by atoms with Crippen LogP contribution in [0.1, 0.15) is 28.9 Å². The lowest BCUT2D eigenvalue weighted by molar-refractivity contribution is -0.123. The molecule has 0 radical (unpaired) electrons. The summed E-state index contributed by atoms with van der Waals surface area (Å²) in [5.74, 6) is -0.565. The van der Waals surface area contributed by atoms with E-state index in [4.69, 9.17) is 0 Å². The lowest BCUT2D eigenvalue weighted by atomic mass is 10.1. The molecule has 1 atom stereocenters. The van der Waals surface area contributed by atoms with E-state index in [9.17, 15) is 22.4 Å². The summed E-state index contributed by atoms with van der Waals surface area (Å²) in [5.41, 5.74) is 0.706. The van der Waals surface area contributed by atoms with Crippen molar-refractivity contribution >= 4 is 23.4 Å². The van der Waals surface area contributed by atoms with E-state index < -0.39 is 18.6 Å². The third-order valence-electron chi connectivity index (χ3n) is 4.09. The minimum Gasteiger partial charge on any atom is -0.363 e. The Morgan fingerprint density at radius 3 is 2.42 bits per heavy atom. The van der Waals surface area contributed by atoms with Crippen LogP contribution in [0.25, 0.3) is 0 Å². The molecule has 3 N–H and O–H groups in total. The molecule has 31 heavy (non-hydrogen) atoms. The number of nitrogens with one attached hydrogen (secondary N) is 3. The van der Waals surface area contributed by atoms with E-state index >= 15 is 0 Å². The highest BCUT2D eigenvalue weighted by molar-refractivity contribution is 5.95. The molecular formula is C20H18F4N6O. The van der Waals surface area contributed by atoms with Gasteiger partial charge in [0.15, 0.2) is 0 Å². The molecule has 1 amide bonds. The van der Waals surface area contributed by atoms with Crippen LogP contribution in [0, 0.1) is 5.82 Å². The van der Waals surface area contributed by atoms with Crippen molar-refractivity contribution in [1.82, 2.24) is 20.3 Å². The zero-order valence-corrected chi connectivity index (χ0v) is 16.2. The quantitative estimate of drug-likeness (QED) is 0.483. The standard InChI is InChI=1S/C20H18F4N6O/c1-12(13-2-4-15(21)5-3-13)28-16-8-14(19(31)27-11-20(22,23)24)9-17(29-16)30-18-10-25-6-7-26-18/h2-10,12H,11H2,1H3,(H,27,31)(H2,26,28,29,30). The van der Waals surface area contributed by atoms with Gasteiger partial charge in [0.1, 0.15) is 29.8 Å². The van der Waals surface area contributed by atoms with Gasteiger partial charge in [-0.25, -0.2) is 14.4 Å². The van der Waals surface area contributed by atoms with Crippen molar-refractivity contribution in [2.24, 2.45) is 0 Å². The number of aromatic nitrogens is 3. The second-order valence-electron chi connectivity index (χ2n) is 6.56. The zero-order chi connectivity index (χ0) is 22.4. The number of alkyl halides is 3. The van der Waals surface area contributed by atoms with Gasteiger partial charge in [-0.05, 0) is 36.8 Å². The van der Waals surface area contributed by atoms with Gasteiger partial charge in [0.25, 0.3) is 5.91 Å². The number of amides is 1. The second-order valence-corrected chi connectivity index (χ2v) is 6.56. The van der Waals surface area contributed by atoms with Gasteiger partial charge in [-0.15, -0.1) is 0 Å². The zero-order valence-electron chi connectivity index (χ0n) is 16.2. The van der Waals surface area contributed by atoms with Crippen LogP contribution in [-0.4, -0.2) is 33.6 Å². The first-order valence-corrected chi connectivity index (χ1v) is 9.12. The number of hydrogen-bond acceptors (Lipinski definition) is 6. The molecule has 3 aromatic rings. The normalized spacial score (nSPS) is 12.2. The largest absolute Gasteiger partial charge is 0.405 e. The molecule has 162 valence electrons. The van der Waals surface area contributed by atoms with Gasteiger partial charge in [-0.3, -0.25) is 9.78 Å². The molecule has 2 heterocycles. The third kappa shape index (κ3) is 6.63. The van der Waals surface area contributed by atoms with Gasteiger partial charge in [0.2, 0.25) is 0 Å². The highest BCUT2D eigenvalue weighted by Crippen LogP contribution is 2.23. The summed E-state index contributed by atoms with van der Waals surface area (Å²) in [6.45, 7) is 0.330. The second kappa shape index (κ2) is 9.37. The molecule has 0 aliphatic rings. The number of halogens is 4. The molecule has 11 heteroatoms. The van der Waals surface area contributed by atoms with Crippen molar-refractivity contribution in [2.45, 2.75) is 19.1 Å². The maximum atomic E-state index is 13.2. The van der Waals surface area contributed by atoms with Gasteiger partial charge in [-0.1, -0.05) is 12.1 Å². The number of hydrogen-bond donors (Lipinski definition) is 3. The fraction of sp³-hybridized carbons (Fsp3) is 0.200. The lowest BCUT2D eigenvalue weighted by Crippen LogP contribution is -2.33. The van der Waals surface area contributed by atoms with Crippen LogP contribution in [0.5, 0.6) is 0 Å². The van der Waals surface area contributed by atoms with E-state index in [-0.39, 0.29) is 29.1 Å². The Hall–Kier alpha value is -3.76. The van der Waals surface area contributed by atoms with Gasteiger partial charge >= 0.3 is 6.18 Å². The van der Waals surface area contributed by atoms with Crippen LogP contribution in [0.15, 0.2) is 55.0 Å². The lowest BCUT2D eigenvalue weighted by Gasteiger charge is -2.17. The van der Waals surface area contributed by atoms with E-state index in [2.05, 4.69) is 25.6 Å². The van der Waals surface area contributed by atoms with Crippen molar-refractivity contribution in [3.63, 3.8) is 0 Å². The summed E-state index contributed by atoms with van der Waals surface area (Å²) in [6.07, 6.45) is -0.205. The van der Waals surface area contributed by atoms with E-state index in [1.807, 2.05) is 5.32 Å². The molecule has 0 saturated heterocycles. The van der Waals surface area contributed by atoms with E-state index in [0.717, 1.165) is 5.56 Å². The first kappa shape index (κ1) is 21.9. The topological polar surface area (TPSA) is 91.8 Å². The summed E-state index contributed by atoms with van der Waals surface area (Å²) < 4.78 is 50.6. The Morgan fingerprint density at radius 1 is 1.06 bits per heavy atom. The Labute approximate surface area is 175 Å². The molecule has 0 fully saturated rings. The third-order valence-corrected chi connectivity index (χ3v) is 4.09. The molecule has 0 saturated carbocycles. The first-order valence-electron chi connectivity index (χ1n) is 9.12. The van der Waals surface area contributed by atoms with E-state index in [1.165, 1.54) is 42.9 Å². The van der Waals surface area contributed by atoms with Crippen molar-refractivity contribution < 1.29 is 22.4 Å². The maximum absolute atomic E-state index is 13.2. The summed E-state index contributed by atoms with van der Waals surface area (Å²) >= 11 is 0. The highest BCUT2D eigenvalue weighted by atomic mass is 19.4. The number of benzene rings is 1. The minimum absolute atomic E-state index is 0.0422. The first-order chi connectivity index (χ1) is 14.7. The SMILES string of the molecule is CC(Nc1cc(C(=O)NCC(F)(F)F)cc(Nc2cnccn2)n1)c1ccc(F)cc1. The fourth-order valence-electron chi connectivity index (χ4n) is 2.63. The molecule has 1 aromatic carbocycles. The van der Waals surface area contributed by atoms with E-state index in [0.29, 0.717) is 5.82 Å². The number of nitrogens with zero attached hydrogens (tertiary/aromatic N) is 3. The Bertz CT molecular complexity index is 1030. The molecule has 0 bridgehead atoms. The summed E-state index contributed by atoms with van der Waals surface area (Å²) in [6, 6.07) is 8.09. The van der Waals surface area contributed by atoms with Crippen LogP contribution in [-0.2, 0) is 0 Å². The number of rotatable bonds is 7. The highest BCUT2D eigenvalue weighted by Gasteiger charge is 2.28. The molecular weight excluding hydrogens is 416 g/mol. The number of anilines is 3. The monoisotopic (exact) mass is 434 g/mol.